The van der Waals surface area contributed by atoms with E-state index in [1.165, 1.54) is 0 Å². The fourth-order valence-electron chi connectivity index (χ4n) is 1.45. The summed E-state index contributed by atoms with van der Waals surface area (Å²) >= 11 is 0.885. The molecule has 0 atom stereocenters. The Labute approximate surface area is 117 Å². The van der Waals surface area contributed by atoms with Crippen molar-refractivity contribution in [1.29, 1.82) is 0 Å². The molecule has 6 nitrogen and oxygen atoms in total. The van der Waals surface area contributed by atoms with Gasteiger partial charge in [-0.2, -0.15) is 13.2 Å². The van der Waals surface area contributed by atoms with Crippen molar-refractivity contribution in [3.8, 4) is 0 Å². The Hall–Kier alpha value is -1.55. The topological polar surface area (TPSA) is 91.5 Å². The number of hydrogen-bond donors (Lipinski definition) is 3. The van der Waals surface area contributed by atoms with Crippen molar-refractivity contribution in [2.75, 3.05) is 37.3 Å². The van der Waals surface area contributed by atoms with Crippen molar-refractivity contribution in [2.24, 2.45) is 0 Å². The highest BCUT2D eigenvalue weighted by Crippen LogP contribution is 2.27. The monoisotopic (exact) mass is 312 g/mol. The molecule has 0 aliphatic rings. The smallest absolute Gasteiger partial charge is 0.395 e. The second-order valence-corrected chi connectivity index (χ2v) is 4.83. The molecule has 114 valence electrons. The van der Waals surface area contributed by atoms with Gasteiger partial charge >= 0.3 is 6.18 Å². The molecule has 1 heterocycles. The van der Waals surface area contributed by atoms with Gasteiger partial charge in [-0.05, 0) is 6.92 Å². The molecule has 1 aromatic rings. The van der Waals surface area contributed by atoms with Gasteiger partial charge in [-0.3, -0.25) is 4.79 Å². The molecule has 0 saturated carbocycles. The molecule has 0 bridgehead atoms. The number of aliphatic hydroxyl groups excluding tert-OH is 1. The summed E-state index contributed by atoms with van der Waals surface area (Å²) in [5, 5.41) is 12.0. The third kappa shape index (κ3) is 4.53. The van der Waals surface area contributed by atoms with E-state index in [9.17, 15) is 18.0 Å². The normalized spacial score (nSPS) is 11.4. The molecule has 1 aromatic heterocycles. The SMILES string of the molecule is CCNc1nc(N)c(C(=O)N(CCO)CC(F)(F)F)s1. The number of thiazole rings is 1. The van der Waals surface area contributed by atoms with Crippen LogP contribution in [0.5, 0.6) is 0 Å². The van der Waals surface area contributed by atoms with Crippen molar-refractivity contribution in [3.63, 3.8) is 0 Å². The minimum atomic E-state index is -4.55. The molecule has 0 aliphatic heterocycles. The maximum Gasteiger partial charge on any atom is 0.406 e. The lowest BCUT2D eigenvalue weighted by Crippen LogP contribution is -2.40. The van der Waals surface area contributed by atoms with Crippen LogP contribution in [0.25, 0.3) is 0 Å². The second kappa shape index (κ2) is 6.75. The van der Waals surface area contributed by atoms with Gasteiger partial charge in [0, 0.05) is 13.1 Å². The minimum Gasteiger partial charge on any atom is -0.395 e. The first kappa shape index (κ1) is 16.5. The number of carbonyl (C=O) groups excluding carboxylic acids is 1. The van der Waals surface area contributed by atoms with Crippen molar-refractivity contribution in [3.05, 3.63) is 4.88 Å². The van der Waals surface area contributed by atoms with Crippen molar-refractivity contribution < 1.29 is 23.1 Å². The number of alkyl halides is 3. The number of nitrogens with zero attached hydrogens (tertiary/aromatic N) is 2. The summed E-state index contributed by atoms with van der Waals surface area (Å²) < 4.78 is 37.2. The van der Waals surface area contributed by atoms with Crippen LogP contribution < -0.4 is 11.1 Å². The third-order valence-electron chi connectivity index (χ3n) is 2.20. The summed E-state index contributed by atoms with van der Waals surface area (Å²) in [6, 6.07) is 0. The van der Waals surface area contributed by atoms with E-state index >= 15 is 0 Å². The van der Waals surface area contributed by atoms with E-state index in [4.69, 9.17) is 10.8 Å². The molecule has 4 N–H and O–H groups in total. The van der Waals surface area contributed by atoms with Crippen molar-refractivity contribution in [1.82, 2.24) is 9.88 Å². The highest BCUT2D eigenvalue weighted by Gasteiger charge is 2.34. The number of amides is 1. The molecule has 0 saturated heterocycles. The molecule has 1 rings (SSSR count). The van der Waals surface area contributed by atoms with Gasteiger partial charge in [-0.25, -0.2) is 4.98 Å². The lowest BCUT2D eigenvalue weighted by Gasteiger charge is -2.22. The first-order chi connectivity index (χ1) is 9.28. The van der Waals surface area contributed by atoms with Crippen LogP contribution in [0.4, 0.5) is 24.1 Å². The third-order valence-corrected chi connectivity index (χ3v) is 3.22. The molecule has 1 amide bonds. The number of anilines is 2. The predicted molar refractivity (Wildman–Crippen MR) is 69.7 cm³/mol. The molecular weight excluding hydrogens is 297 g/mol. The lowest BCUT2D eigenvalue weighted by molar-refractivity contribution is -0.141. The van der Waals surface area contributed by atoms with Crippen LogP contribution in [0.3, 0.4) is 0 Å². The van der Waals surface area contributed by atoms with Gasteiger partial charge < -0.3 is 21.1 Å². The number of carbonyl (C=O) groups is 1. The Kier molecular flexibility index (Phi) is 5.57. The Balaban J connectivity index is 2.94. The van der Waals surface area contributed by atoms with E-state index in [0.717, 1.165) is 11.3 Å². The van der Waals surface area contributed by atoms with Gasteiger partial charge in [-0.15, -0.1) is 0 Å². The van der Waals surface area contributed by atoms with Gasteiger partial charge in [0.25, 0.3) is 5.91 Å². The average Bonchev–Trinajstić information content (AvgIpc) is 2.68. The van der Waals surface area contributed by atoms with Crippen LogP contribution in [-0.4, -0.2) is 53.3 Å². The Morgan fingerprint density at radius 1 is 1.55 bits per heavy atom. The zero-order chi connectivity index (χ0) is 15.3. The summed E-state index contributed by atoms with van der Waals surface area (Å²) in [6.07, 6.45) is -4.55. The zero-order valence-corrected chi connectivity index (χ0v) is 11.5. The highest BCUT2D eigenvalue weighted by atomic mass is 32.1. The summed E-state index contributed by atoms with van der Waals surface area (Å²) in [6.45, 7) is -0.0859. The second-order valence-electron chi connectivity index (χ2n) is 3.83. The first-order valence-electron chi connectivity index (χ1n) is 5.75. The van der Waals surface area contributed by atoms with Gasteiger partial charge in [-0.1, -0.05) is 11.3 Å². The maximum absolute atomic E-state index is 12.4. The van der Waals surface area contributed by atoms with Crippen LogP contribution in [0.1, 0.15) is 16.6 Å². The number of nitrogens with two attached hydrogens (primary N) is 1. The number of aromatic nitrogens is 1. The van der Waals surface area contributed by atoms with E-state index in [2.05, 4.69) is 10.3 Å². The van der Waals surface area contributed by atoms with E-state index < -0.39 is 31.8 Å². The van der Waals surface area contributed by atoms with Crippen LogP contribution in [0.15, 0.2) is 0 Å². The quantitative estimate of drug-likeness (QED) is 0.733. The minimum absolute atomic E-state index is 0.0707. The summed E-state index contributed by atoms with van der Waals surface area (Å²) in [4.78, 5) is 16.3. The van der Waals surface area contributed by atoms with Gasteiger partial charge in [0.1, 0.15) is 17.2 Å². The molecule has 0 spiro atoms. The number of nitrogens with one attached hydrogen (secondary N) is 1. The summed E-state index contributed by atoms with van der Waals surface area (Å²) in [7, 11) is 0. The highest BCUT2D eigenvalue weighted by molar-refractivity contribution is 7.18. The van der Waals surface area contributed by atoms with E-state index in [1.54, 1.807) is 6.92 Å². The largest absolute Gasteiger partial charge is 0.406 e. The molecule has 0 aromatic carbocycles. The molecule has 0 unspecified atom stereocenters. The van der Waals surface area contributed by atoms with Gasteiger partial charge in [0.2, 0.25) is 0 Å². The molecule has 20 heavy (non-hydrogen) atoms. The molecule has 10 heteroatoms. The van der Waals surface area contributed by atoms with E-state index in [-0.39, 0.29) is 10.7 Å². The van der Waals surface area contributed by atoms with Crippen LogP contribution in [0, 0.1) is 0 Å². The number of rotatable bonds is 6. The molecular formula is C10H15F3N4O2S. The summed E-state index contributed by atoms with van der Waals surface area (Å²) in [5.41, 5.74) is 5.54. The number of aliphatic hydroxyl groups is 1. The van der Waals surface area contributed by atoms with Crippen LogP contribution in [-0.2, 0) is 0 Å². The Bertz CT molecular complexity index is 464. The van der Waals surface area contributed by atoms with Crippen LogP contribution in [0.2, 0.25) is 0 Å². The standard InChI is InChI=1S/C10H15F3N4O2S/c1-2-15-9-16-7(14)6(20-9)8(19)17(3-4-18)5-10(11,12)13/h18H,2-5,14H2,1H3,(H,15,16). The molecule has 0 aliphatic carbocycles. The van der Waals surface area contributed by atoms with Crippen LogP contribution >= 0.6 is 11.3 Å². The fourth-order valence-corrected chi connectivity index (χ4v) is 2.37. The average molecular weight is 312 g/mol. The number of nitrogen functional groups attached to an aromatic ring is 1. The maximum atomic E-state index is 12.4. The predicted octanol–water partition coefficient (Wildman–Crippen LogP) is 1.15. The summed E-state index contributed by atoms with van der Waals surface area (Å²) in [5.74, 6) is -1.02. The fraction of sp³-hybridized carbons (Fsp3) is 0.600. The number of halogens is 3. The number of hydrogen-bond acceptors (Lipinski definition) is 6. The van der Waals surface area contributed by atoms with Gasteiger partial charge in [0.15, 0.2) is 5.13 Å². The van der Waals surface area contributed by atoms with Gasteiger partial charge in [0.05, 0.1) is 6.61 Å². The lowest BCUT2D eigenvalue weighted by atomic mass is 10.3. The van der Waals surface area contributed by atoms with E-state index in [1.807, 2.05) is 0 Å². The first-order valence-corrected chi connectivity index (χ1v) is 6.57. The van der Waals surface area contributed by atoms with Crippen molar-refractivity contribution in [2.45, 2.75) is 13.1 Å². The Morgan fingerprint density at radius 3 is 2.70 bits per heavy atom. The zero-order valence-electron chi connectivity index (χ0n) is 10.7. The Morgan fingerprint density at radius 2 is 2.20 bits per heavy atom. The molecule has 0 radical (unpaired) electrons. The van der Waals surface area contributed by atoms with E-state index in [0.29, 0.717) is 16.6 Å². The molecule has 0 fully saturated rings. The van der Waals surface area contributed by atoms with Crippen molar-refractivity contribution >= 4 is 28.2 Å².